The molecule has 6 heteroatoms. The lowest BCUT2D eigenvalue weighted by Crippen LogP contribution is -2.33. The first kappa shape index (κ1) is 16.1. The van der Waals surface area contributed by atoms with Gasteiger partial charge in [0.05, 0.1) is 11.8 Å². The number of benzene rings is 2. The summed E-state index contributed by atoms with van der Waals surface area (Å²) in [5, 5.41) is 17.3. The van der Waals surface area contributed by atoms with E-state index >= 15 is 0 Å². The van der Waals surface area contributed by atoms with Gasteiger partial charge in [0.25, 0.3) is 0 Å². The predicted octanol–water partition coefficient (Wildman–Crippen LogP) is 4.68. The molecule has 2 aliphatic rings. The number of fused-ring (bicyclic) bond motifs is 3. The van der Waals surface area contributed by atoms with Crippen molar-refractivity contribution in [2.24, 2.45) is 5.10 Å². The number of hydrazone groups is 1. The van der Waals surface area contributed by atoms with E-state index in [1.807, 2.05) is 47.5 Å². The Morgan fingerprint density at radius 1 is 1.07 bits per heavy atom. The van der Waals surface area contributed by atoms with Gasteiger partial charge in [-0.05, 0) is 42.5 Å². The summed E-state index contributed by atoms with van der Waals surface area (Å²) in [5.74, 6) is 1.04. The van der Waals surface area contributed by atoms with Gasteiger partial charge in [-0.2, -0.15) is 5.10 Å². The van der Waals surface area contributed by atoms with Crippen LogP contribution < -0.4 is 4.74 Å². The number of halogens is 1. The van der Waals surface area contributed by atoms with Crippen molar-refractivity contribution in [3.63, 3.8) is 0 Å². The monoisotopic (exact) mass is 377 g/mol. The highest BCUT2D eigenvalue weighted by Crippen LogP contribution is 2.48. The standard InChI is InChI=1S/C21H16ClN3O2/c22-15-4-5-20-17(11-15)19-12-18(14-2-1-3-16(26)10-14)24-25(19)21(27-20)13-6-8-23-9-7-13/h1-11,19,21,26H,12H2/t19-,21-/m0/s1. The Labute approximate surface area is 161 Å². The molecule has 2 aliphatic heterocycles. The molecule has 0 bridgehead atoms. The highest BCUT2D eigenvalue weighted by atomic mass is 35.5. The Morgan fingerprint density at radius 2 is 1.93 bits per heavy atom. The van der Waals surface area contributed by atoms with Crippen molar-refractivity contribution >= 4 is 17.3 Å². The molecule has 0 unspecified atom stereocenters. The van der Waals surface area contributed by atoms with Gasteiger partial charge in [-0.25, -0.2) is 5.01 Å². The highest BCUT2D eigenvalue weighted by molar-refractivity contribution is 6.30. The number of hydrogen-bond donors (Lipinski definition) is 1. The molecule has 2 atom stereocenters. The van der Waals surface area contributed by atoms with Crippen LogP contribution >= 0.6 is 11.6 Å². The van der Waals surface area contributed by atoms with Crippen LogP contribution in [0, 0.1) is 0 Å². The maximum atomic E-state index is 9.84. The number of aromatic hydroxyl groups is 1. The van der Waals surface area contributed by atoms with Gasteiger partial charge in [-0.15, -0.1) is 0 Å². The quantitative estimate of drug-likeness (QED) is 0.704. The minimum atomic E-state index is -0.346. The molecule has 0 amide bonds. The van der Waals surface area contributed by atoms with Gasteiger partial charge in [-0.1, -0.05) is 23.7 Å². The second-order valence-corrected chi connectivity index (χ2v) is 7.07. The fourth-order valence-corrected chi connectivity index (χ4v) is 3.85. The lowest BCUT2D eigenvalue weighted by atomic mass is 9.96. The maximum Gasteiger partial charge on any atom is 0.213 e. The van der Waals surface area contributed by atoms with Crippen molar-refractivity contribution in [1.29, 1.82) is 0 Å². The molecule has 5 rings (SSSR count). The summed E-state index contributed by atoms with van der Waals surface area (Å²) >= 11 is 6.24. The summed E-state index contributed by atoms with van der Waals surface area (Å²) in [6, 6.07) is 16.8. The highest BCUT2D eigenvalue weighted by Gasteiger charge is 2.41. The van der Waals surface area contributed by atoms with Gasteiger partial charge in [-0.3, -0.25) is 4.98 Å². The zero-order valence-electron chi connectivity index (χ0n) is 14.3. The number of aromatic nitrogens is 1. The van der Waals surface area contributed by atoms with Gasteiger partial charge >= 0.3 is 0 Å². The Kier molecular flexibility index (Phi) is 3.76. The largest absolute Gasteiger partial charge is 0.508 e. The lowest BCUT2D eigenvalue weighted by molar-refractivity contribution is -0.0190. The fourth-order valence-electron chi connectivity index (χ4n) is 3.67. The molecule has 0 fully saturated rings. The molecule has 0 spiro atoms. The molecule has 5 nitrogen and oxygen atoms in total. The van der Waals surface area contributed by atoms with E-state index in [-0.39, 0.29) is 18.0 Å². The molecule has 0 radical (unpaired) electrons. The number of phenolic OH excluding ortho intramolecular Hbond substituents is 1. The second-order valence-electron chi connectivity index (χ2n) is 6.63. The SMILES string of the molecule is Oc1cccc(C2=NN3[C@@H](C2)c2cc(Cl)ccc2O[C@H]3c2ccncc2)c1. The van der Waals surface area contributed by atoms with Crippen LogP contribution in [-0.2, 0) is 0 Å². The first-order valence-electron chi connectivity index (χ1n) is 8.70. The van der Waals surface area contributed by atoms with Crippen molar-refractivity contribution in [3.05, 3.63) is 88.7 Å². The minimum Gasteiger partial charge on any atom is -0.508 e. The van der Waals surface area contributed by atoms with Gasteiger partial charge in [0, 0.05) is 40.5 Å². The number of rotatable bonds is 2. The average molecular weight is 378 g/mol. The number of pyridine rings is 1. The van der Waals surface area contributed by atoms with Crippen LogP contribution in [-0.4, -0.2) is 20.8 Å². The van der Waals surface area contributed by atoms with Crippen LogP contribution in [0.5, 0.6) is 11.5 Å². The number of nitrogens with zero attached hydrogens (tertiary/aromatic N) is 3. The lowest BCUT2D eigenvalue weighted by Gasteiger charge is -2.38. The predicted molar refractivity (Wildman–Crippen MR) is 103 cm³/mol. The van der Waals surface area contributed by atoms with E-state index in [1.165, 1.54) is 0 Å². The first-order valence-corrected chi connectivity index (χ1v) is 9.08. The minimum absolute atomic E-state index is 0.0166. The summed E-state index contributed by atoms with van der Waals surface area (Å²) < 4.78 is 6.28. The average Bonchev–Trinajstić information content (AvgIpc) is 3.14. The molecule has 3 aromatic rings. The third-order valence-corrected chi connectivity index (χ3v) is 5.16. The van der Waals surface area contributed by atoms with Crippen molar-refractivity contribution in [2.45, 2.75) is 18.7 Å². The molecule has 0 saturated heterocycles. The molecule has 0 saturated carbocycles. The summed E-state index contributed by atoms with van der Waals surface area (Å²) in [6.45, 7) is 0. The smallest absolute Gasteiger partial charge is 0.213 e. The van der Waals surface area contributed by atoms with Crippen molar-refractivity contribution in [3.8, 4) is 11.5 Å². The summed E-state index contributed by atoms with van der Waals surface area (Å²) in [6.07, 6.45) is 3.87. The van der Waals surface area contributed by atoms with E-state index in [4.69, 9.17) is 21.4 Å². The van der Waals surface area contributed by atoms with Gasteiger partial charge < -0.3 is 9.84 Å². The first-order chi connectivity index (χ1) is 13.2. The molecule has 134 valence electrons. The van der Waals surface area contributed by atoms with Crippen LogP contribution in [0.1, 0.15) is 35.4 Å². The van der Waals surface area contributed by atoms with E-state index in [2.05, 4.69) is 4.98 Å². The zero-order valence-corrected chi connectivity index (χ0v) is 15.0. The topological polar surface area (TPSA) is 58.0 Å². The maximum absolute atomic E-state index is 9.84. The molecule has 3 heterocycles. The number of phenols is 1. The van der Waals surface area contributed by atoms with Crippen LogP contribution in [0.4, 0.5) is 0 Å². The van der Waals surface area contributed by atoms with Crippen molar-refractivity contribution in [1.82, 2.24) is 9.99 Å². The molecule has 27 heavy (non-hydrogen) atoms. The van der Waals surface area contributed by atoms with E-state index in [9.17, 15) is 5.11 Å². The van der Waals surface area contributed by atoms with Crippen LogP contribution in [0.25, 0.3) is 0 Å². The Bertz CT molecular complexity index is 1040. The van der Waals surface area contributed by atoms with Crippen molar-refractivity contribution in [2.75, 3.05) is 0 Å². The third-order valence-electron chi connectivity index (χ3n) is 4.92. The summed E-state index contributed by atoms with van der Waals surface area (Å²) in [7, 11) is 0. The zero-order chi connectivity index (χ0) is 18.4. The van der Waals surface area contributed by atoms with E-state index in [1.54, 1.807) is 24.5 Å². The Hall–Kier alpha value is -3.05. The van der Waals surface area contributed by atoms with Gasteiger partial charge in [0.15, 0.2) is 0 Å². The summed E-state index contributed by atoms with van der Waals surface area (Å²) in [4.78, 5) is 4.10. The molecule has 1 aromatic heterocycles. The van der Waals surface area contributed by atoms with E-state index in [0.717, 1.165) is 28.2 Å². The Balaban J connectivity index is 1.61. The second kappa shape index (κ2) is 6.28. The van der Waals surface area contributed by atoms with Gasteiger partial charge in [0.2, 0.25) is 6.23 Å². The normalized spacial score (nSPS) is 20.5. The Morgan fingerprint density at radius 3 is 2.74 bits per heavy atom. The van der Waals surface area contributed by atoms with Crippen LogP contribution in [0.3, 0.4) is 0 Å². The van der Waals surface area contributed by atoms with Crippen LogP contribution in [0.2, 0.25) is 5.02 Å². The number of ether oxygens (including phenoxy) is 1. The molecule has 1 N–H and O–H groups in total. The van der Waals surface area contributed by atoms with E-state index < -0.39 is 0 Å². The molecular formula is C21H16ClN3O2. The van der Waals surface area contributed by atoms with E-state index in [0.29, 0.717) is 11.4 Å². The summed E-state index contributed by atoms with van der Waals surface area (Å²) in [5.41, 5.74) is 3.82. The third kappa shape index (κ3) is 2.80. The molecule has 0 aliphatic carbocycles. The number of hydrogen-bond acceptors (Lipinski definition) is 5. The van der Waals surface area contributed by atoms with Crippen LogP contribution in [0.15, 0.2) is 72.1 Å². The van der Waals surface area contributed by atoms with Gasteiger partial charge in [0.1, 0.15) is 11.5 Å². The van der Waals surface area contributed by atoms with Crippen molar-refractivity contribution < 1.29 is 9.84 Å². The molecule has 2 aromatic carbocycles. The molecular weight excluding hydrogens is 362 g/mol. The fraction of sp³-hybridized carbons (Fsp3) is 0.143.